The Bertz CT molecular complexity index is 282. The van der Waals surface area contributed by atoms with Crippen molar-refractivity contribution in [3.8, 4) is 0 Å². The van der Waals surface area contributed by atoms with Gasteiger partial charge in [0.1, 0.15) is 6.17 Å². The van der Waals surface area contributed by atoms with E-state index in [1.807, 2.05) is 13.0 Å². The first kappa shape index (κ1) is 10.9. The van der Waals surface area contributed by atoms with Gasteiger partial charge in [-0.25, -0.2) is 4.39 Å². The molecule has 1 saturated carbocycles. The third-order valence-corrected chi connectivity index (χ3v) is 4.04. The van der Waals surface area contributed by atoms with Crippen LogP contribution in [0.1, 0.15) is 46.0 Å². The van der Waals surface area contributed by atoms with Crippen LogP contribution in [0, 0.1) is 11.8 Å². The van der Waals surface area contributed by atoms with Crippen molar-refractivity contribution in [1.82, 2.24) is 0 Å². The van der Waals surface area contributed by atoms with Crippen molar-refractivity contribution in [2.24, 2.45) is 11.8 Å². The number of halogens is 1. The molecule has 0 aromatic rings. The van der Waals surface area contributed by atoms with Crippen LogP contribution in [0.2, 0.25) is 0 Å². The van der Waals surface area contributed by atoms with E-state index in [4.69, 9.17) is 0 Å². The fraction of sp³-hybridized carbons (Fsp3) is 0.714. The van der Waals surface area contributed by atoms with Gasteiger partial charge in [0.2, 0.25) is 0 Å². The number of hydrogen-bond acceptors (Lipinski definition) is 0. The first-order valence-corrected chi connectivity index (χ1v) is 6.19. The van der Waals surface area contributed by atoms with Crippen LogP contribution in [0.25, 0.3) is 0 Å². The van der Waals surface area contributed by atoms with Gasteiger partial charge >= 0.3 is 0 Å². The first-order chi connectivity index (χ1) is 7.20. The molecule has 1 fully saturated rings. The minimum Gasteiger partial charge on any atom is -0.242 e. The predicted octanol–water partition coefficient (Wildman–Crippen LogP) is 4.43. The van der Waals surface area contributed by atoms with Crippen molar-refractivity contribution >= 4 is 0 Å². The summed E-state index contributed by atoms with van der Waals surface area (Å²) in [5.74, 6) is 0.768. The molecule has 0 nitrogen and oxygen atoms in total. The molecule has 0 bridgehead atoms. The Kier molecular flexibility index (Phi) is 3.28. The number of rotatable bonds is 1. The van der Waals surface area contributed by atoms with Crippen molar-refractivity contribution in [1.29, 1.82) is 0 Å². The minimum absolute atomic E-state index is 0.176. The lowest BCUT2D eigenvalue weighted by Gasteiger charge is -2.35. The van der Waals surface area contributed by atoms with Crippen LogP contribution in [0.15, 0.2) is 23.3 Å². The Morgan fingerprint density at radius 3 is 2.27 bits per heavy atom. The first-order valence-electron chi connectivity index (χ1n) is 6.19. The summed E-state index contributed by atoms with van der Waals surface area (Å²) in [4.78, 5) is 0. The molecular weight excluding hydrogens is 187 g/mol. The lowest BCUT2D eigenvalue weighted by Crippen LogP contribution is -2.30. The maximum Gasteiger partial charge on any atom is 0.128 e. The van der Waals surface area contributed by atoms with Crippen molar-refractivity contribution in [3.63, 3.8) is 0 Å². The van der Waals surface area contributed by atoms with Gasteiger partial charge in [0, 0.05) is 5.92 Å². The van der Waals surface area contributed by atoms with E-state index >= 15 is 0 Å². The van der Waals surface area contributed by atoms with Gasteiger partial charge in [0.15, 0.2) is 0 Å². The fourth-order valence-electron chi connectivity index (χ4n) is 3.08. The van der Waals surface area contributed by atoms with Crippen LogP contribution in [0.5, 0.6) is 0 Å². The molecule has 2 aliphatic rings. The molecule has 2 unspecified atom stereocenters. The van der Waals surface area contributed by atoms with E-state index in [1.165, 1.54) is 37.7 Å². The normalized spacial score (nSPS) is 33.5. The fourth-order valence-corrected chi connectivity index (χ4v) is 3.08. The second-order valence-electron chi connectivity index (χ2n) is 5.15. The quantitative estimate of drug-likeness (QED) is 0.598. The Morgan fingerprint density at radius 2 is 1.60 bits per heavy atom. The highest BCUT2D eigenvalue weighted by Crippen LogP contribution is 2.40. The molecule has 0 amide bonds. The molecular formula is C14H21F. The summed E-state index contributed by atoms with van der Waals surface area (Å²) in [6.07, 6.45) is 9.72. The molecule has 84 valence electrons. The van der Waals surface area contributed by atoms with E-state index in [9.17, 15) is 4.39 Å². The lowest BCUT2D eigenvalue weighted by molar-refractivity contribution is 0.182. The molecule has 0 radical (unpaired) electrons. The predicted molar refractivity (Wildman–Crippen MR) is 62.5 cm³/mol. The Balaban J connectivity index is 2.13. The van der Waals surface area contributed by atoms with Gasteiger partial charge in [-0.3, -0.25) is 0 Å². The second-order valence-corrected chi connectivity index (χ2v) is 5.15. The summed E-state index contributed by atoms with van der Waals surface area (Å²) in [5, 5.41) is 0. The molecule has 0 aliphatic heterocycles. The van der Waals surface area contributed by atoms with Gasteiger partial charge in [0.25, 0.3) is 0 Å². The molecule has 2 atom stereocenters. The molecule has 0 saturated heterocycles. The van der Waals surface area contributed by atoms with E-state index in [0.29, 0.717) is 5.92 Å². The van der Waals surface area contributed by atoms with Crippen molar-refractivity contribution < 1.29 is 4.39 Å². The van der Waals surface area contributed by atoms with Gasteiger partial charge < -0.3 is 0 Å². The van der Waals surface area contributed by atoms with E-state index in [2.05, 4.69) is 13.0 Å². The van der Waals surface area contributed by atoms with Gasteiger partial charge in [0.05, 0.1) is 0 Å². The van der Waals surface area contributed by atoms with Crippen LogP contribution >= 0.6 is 0 Å². The summed E-state index contributed by atoms with van der Waals surface area (Å²) in [6.45, 7) is 4.01. The maximum absolute atomic E-state index is 14.2. The molecule has 0 aromatic heterocycles. The van der Waals surface area contributed by atoms with Crippen molar-refractivity contribution in [2.75, 3.05) is 0 Å². The monoisotopic (exact) mass is 208 g/mol. The number of hydrogen-bond donors (Lipinski definition) is 0. The van der Waals surface area contributed by atoms with Gasteiger partial charge in [-0.05, 0) is 38.2 Å². The summed E-state index contributed by atoms with van der Waals surface area (Å²) in [6, 6.07) is 0. The largest absolute Gasteiger partial charge is 0.242 e. The van der Waals surface area contributed by atoms with E-state index < -0.39 is 6.17 Å². The summed E-state index contributed by atoms with van der Waals surface area (Å²) in [7, 11) is 0. The van der Waals surface area contributed by atoms with Crippen molar-refractivity contribution in [3.05, 3.63) is 23.3 Å². The Morgan fingerprint density at radius 1 is 1.00 bits per heavy atom. The highest BCUT2D eigenvalue weighted by Gasteiger charge is 2.33. The molecule has 0 spiro atoms. The zero-order valence-corrected chi connectivity index (χ0v) is 9.80. The van der Waals surface area contributed by atoms with Crippen LogP contribution in [0.3, 0.4) is 0 Å². The minimum atomic E-state index is -0.724. The number of allylic oxidation sites excluding steroid dienone is 4. The molecule has 0 aromatic carbocycles. The SMILES string of the molecule is CC1=CC=C(C)C(C2CCCCC2)C1F. The van der Waals surface area contributed by atoms with Crippen LogP contribution < -0.4 is 0 Å². The average molecular weight is 208 g/mol. The van der Waals surface area contributed by atoms with Crippen molar-refractivity contribution in [2.45, 2.75) is 52.1 Å². The van der Waals surface area contributed by atoms with Crippen LogP contribution in [0.4, 0.5) is 4.39 Å². The third-order valence-electron chi connectivity index (χ3n) is 4.04. The third kappa shape index (κ3) is 2.16. The Hall–Kier alpha value is -0.590. The van der Waals surface area contributed by atoms with Gasteiger partial charge in [-0.15, -0.1) is 0 Å². The van der Waals surface area contributed by atoms with E-state index in [0.717, 1.165) is 5.57 Å². The summed E-state index contributed by atoms with van der Waals surface area (Å²) >= 11 is 0. The summed E-state index contributed by atoms with van der Waals surface area (Å²) < 4.78 is 14.2. The molecule has 0 N–H and O–H groups in total. The standard InChI is InChI=1S/C14H21F/c1-10-8-9-11(2)14(15)13(10)12-6-4-3-5-7-12/h8-9,12-14H,3-7H2,1-2H3. The van der Waals surface area contributed by atoms with Crippen LogP contribution in [-0.4, -0.2) is 6.17 Å². The van der Waals surface area contributed by atoms with Crippen LogP contribution in [-0.2, 0) is 0 Å². The zero-order chi connectivity index (χ0) is 10.8. The maximum atomic E-state index is 14.2. The topological polar surface area (TPSA) is 0 Å². The number of alkyl halides is 1. The van der Waals surface area contributed by atoms with E-state index in [1.54, 1.807) is 0 Å². The molecule has 1 heteroatoms. The average Bonchev–Trinajstić information content (AvgIpc) is 2.26. The van der Waals surface area contributed by atoms with Gasteiger partial charge in [-0.1, -0.05) is 37.0 Å². The molecule has 2 rings (SSSR count). The van der Waals surface area contributed by atoms with E-state index in [-0.39, 0.29) is 5.92 Å². The summed E-state index contributed by atoms with van der Waals surface area (Å²) in [5.41, 5.74) is 2.16. The Labute approximate surface area is 92.3 Å². The second kappa shape index (κ2) is 4.51. The van der Waals surface area contributed by atoms with Gasteiger partial charge in [-0.2, -0.15) is 0 Å². The smallest absolute Gasteiger partial charge is 0.128 e. The lowest BCUT2D eigenvalue weighted by atomic mass is 9.72. The zero-order valence-electron chi connectivity index (χ0n) is 9.80. The molecule has 15 heavy (non-hydrogen) atoms. The molecule has 2 aliphatic carbocycles. The highest BCUT2D eigenvalue weighted by atomic mass is 19.1. The molecule has 0 heterocycles. The highest BCUT2D eigenvalue weighted by molar-refractivity contribution is 5.29.